The van der Waals surface area contributed by atoms with Crippen LogP contribution in [0.15, 0.2) is 9.98 Å². The fourth-order valence-corrected chi connectivity index (χ4v) is 1.79. The zero-order valence-corrected chi connectivity index (χ0v) is 11.4. The molecule has 1 heterocycles. The molecule has 5 nitrogen and oxygen atoms in total. The highest BCUT2D eigenvalue weighted by molar-refractivity contribution is 8.13. The van der Waals surface area contributed by atoms with Crippen molar-refractivity contribution in [3.8, 4) is 0 Å². The van der Waals surface area contributed by atoms with Crippen LogP contribution in [0.4, 0.5) is 0 Å². The molecule has 92 valence electrons. The number of nitrogens with one attached hydrogen (secondary N) is 2. The molecule has 0 aliphatic carbocycles. The average Bonchev–Trinajstić information content (AvgIpc) is 2.18. The third-order valence-corrected chi connectivity index (χ3v) is 2.49. The summed E-state index contributed by atoms with van der Waals surface area (Å²) in [6.45, 7) is 8.96. The lowest BCUT2D eigenvalue weighted by atomic mass is 10.4. The highest BCUT2D eigenvalue weighted by Crippen LogP contribution is 2.08. The van der Waals surface area contributed by atoms with Crippen LogP contribution in [0.1, 0.15) is 27.7 Å². The summed E-state index contributed by atoms with van der Waals surface area (Å²) < 4.78 is 0. The number of hydrogen-bond acceptors (Lipinski definition) is 6. The lowest BCUT2D eigenvalue weighted by molar-refractivity contribution is 0.286. The van der Waals surface area contributed by atoms with E-state index in [2.05, 4.69) is 48.4 Å². The molecule has 0 bridgehead atoms. The number of amidine groups is 1. The summed E-state index contributed by atoms with van der Waals surface area (Å²) in [6.07, 6.45) is 2.02. The Morgan fingerprint density at radius 3 is 2.44 bits per heavy atom. The molecule has 0 spiro atoms. The first-order valence-electron chi connectivity index (χ1n) is 5.50. The van der Waals surface area contributed by atoms with Crippen LogP contribution in [0.3, 0.4) is 0 Å². The van der Waals surface area contributed by atoms with E-state index < -0.39 is 0 Å². The van der Waals surface area contributed by atoms with Crippen molar-refractivity contribution in [2.75, 3.05) is 12.9 Å². The molecular formula is C10H21N5S. The third kappa shape index (κ3) is 4.02. The number of hydrogen-bond donors (Lipinski definition) is 2. The van der Waals surface area contributed by atoms with Gasteiger partial charge in [-0.25, -0.2) is 10.4 Å². The molecule has 1 aliphatic rings. The summed E-state index contributed by atoms with van der Waals surface area (Å²) in [5, 5.41) is 6.14. The molecule has 6 heteroatoms. The Bertz CT molecular complexity index is 285. The lowest BCUT2D eigenvalue weighted by Gasteiger charge is -2.29. The highest BCUT2D eigenvalue weighted by Gasteiger charge is 2.17. The highest BCUT2D eigenvalue weighted by atomic mass is 32.2. The summed E-state index contributed by atoms with van der Waals surface area (Å²) in [5.74, 6) is 0.723. The molecule has 1 rings (SSSR count). The number of guanidine groups is 1. The van der Waals surface area contributed by atoms with E-state index in [4.69, 9.17) is 0 Å². The smallest absolute Gasteiger partial charge is 0.222 e. The van der Waals surface area contributed by atoms with E-state index in [9.17, 15) is 0 Å². The van der Waals surface area contributed by atoms with Crippen LogP contribution in [0, 0.1) is 0 Å². The van der Waals surface area contributed by atoms with Crippen LogP contribution in [0.2, 0.25) is 0 Å². The molecule has 2 N–H and O–H groups in total. The van der Waals surface area contributed by atoms with E-state index in [1.54, 1.807) is 11.8 Å². The molecule has 0 amide bonds. The fourth-order valence-electron chi connectivity index (χ4n) is 1.28. The van der Waals surface area contributed by atoms with Gasteiger partial charge in [-0.05, 0) is 34.0 Å². The fraction of sp³-hybridized carbons (Fsp3) is 0.800. The molecular weight excluding hydrogens is 222 g/mol. The van der Waals surface area contributed by atoms with Crippen molar-refractivity contribution in [3.05, 3.63) is 0 Å². The number of thioether (sulfide) groups is 1. The van der Waals surface area contributed by atoms with E-state index in [0.717, 1.165) is 11.1 Å². The second kappa shape index (κ2) is 6.10. The van der Waals surface area contributed by atoms with Gasteiger partial charge in [0.15, 0.2) is 5.17 Å². The SMILES string of the molecule is CSC1=NC(NC(C)C)=NCN1NC(C)C. The zero-order chi connectivity index (χ0) is 12.1. The average molecular weight is 243 g/mol. The van der Waals surface area contributed by atoms with Gasteiger partial charge < -0.3 is 5.32 Å². The number of hydrazine groups is 1. The summed E-state index contributed by atoms with van der Waals surface area (Å²) in [7, 11) is 0. The molecule has 0 unspecified atom stereocenters. The van der Waals surface area contributed by atoms with Gasteiger partial charge in [-0.3, -0.25) is 5.01 Å². The second-order valence-electron chi connectivity index (χ2n) is 4.23. The molecule has 0 aromatic heterocycles. The van der Waals surface area contributed by atoms with Gasteiger partial charge in [0, 0.05) is 12.1 Å². The van der Waals surface area contributed by atoms with Crippen LogP contribution in [-0.4, -0.2) is 41.1 Å². The van der Waals surface area contributed by atoms with E-state index in [0.29, 0.717) is 18.8 Å². The maximum atomic E-state index is 4.46. The van der Waals surface area contributed by atoms with Gasteiger partial charge in [-0.2, -0.15) is 4.99 Å². The van der Waals surface area contributed by atoms with Crippen molar-refractivity contribution in [1.29, 1.82) is 0 Å². The maximum Gasteiger partial charge on any atom is 0.222 e. The van der Waals surface area contributed by atoms with Crippen molar-refractivity contribution in [3.63, 3.8) is 0 Å². The summed E-state index contributed by atoms with van der Waals surface area (Å²) >= 11 is 1.62. The Morgan fingerprint density at radius 2 is 1.94 bits per heavy atom. The number of nitrogens with zero attached hydrogens (tertiary/aromatic N) is 3. The summed E-state index contributed by atoms with van der Waals surface area (Å²) in [5.41, 5.74) is 3.30. The Kier molecular flexibility index (Phi) is 5.08. The first-order chi connectivity index (χ1) is 7.52. The van der Waals surface area contributed by atoms with Gasteiger partial charge in [0.2, 0.25) is 5.96 Å². The third-order valence-electron chi connectivity index (χ3n) is 1.81. The minimum absolute atomic E-state index is 0.357. The molecule has 0 saturated carbocycles. The summed E-state index contributed by atoms with van der Waals surface area (Å²) in [6, 6.07) is 0.738. The van der Waals surface area contributed by atoms with Crippen molar-refractivity contribution in [2.24, 2.45) is 9.98 Å². The zero-order valence-electron chi connectivity index (χ0n) is 10.6. The first kappa shape index (κ1) is 13.3. The predicted molar refractivity (Wildman–Crippen MR) is 71.6 cm³/mol. The van der Waals surface area contributed by atoms with Crippen LogP contribution in [0.5, 0.6) is 0 Å². The molecule has 0 atom stereocenters. The predicted octanol–water partition coefficient (Wildman–Crippen LogP) is 1.25. The molecule has 1 aliphatic heterocycles. The minimum Gasteiger partial charge on any atom is -0.352 e. The van der Waals surface area contributed by atoms with Crippen molar-refractivity contribution in [2.45, 2.75) is 39.8 Å². The van der Waals surface area contributed by atoms with Gasteiger partial charge in [0.05, 0.1) is 0 Å². The molecule has 0 fully saturated rings. The van der Waals surface area contributed by atoms with Gasteiger partial charge in [-0.15, -0.1) is 0 Å². The van der Waals surface area contributed by atoms with Gasteiger partial charge in [0.25, 0.3) is 0 Å². The molecule has 0 saturated heterocycles. The molecule has 0 radical (unpaired) electrons. The Balaban J connectivity index is 2.65. The van der Waals surface area contributed by atoms with Crippen LogP contribution >= 0.6 is 11.8 Å². The normalized spacial score (nSPS) is 16.6. The maximum absolute atomic E-state index is 4.46. The van der Waals surface area contributed by atoms with E-state index in [1.165, 1.54) is 0 Å². The topological polar surface area (TPSA) is 52.0 Å². The van der Waals surface area contributed by atoms with Crippen LogP contribution in [0.25, 0.3) is 0 Å². The Morgan fingerprint density at radius 1 is 1.25 bits per heavy atom. The number of rotatable bonds is 3. The van der Waals surface area contributed by atoms with Crippen LogP contribution < -0.4 is 10.7 Å². The Hall–Kier alpha value is -0.750. The van der Waals surface area contributed by atoms with E-state index in [-0.39, 0.29) is 0 Å². The standard InChI is InChI=1S/C10H21N5S/c1-7(2)12-9-11-6-15(14-8(3)4)10(13-9)16-5/h7-8,14H,6H2,1-5H3,(H,11,12). The Labute approximate surface area is 102 Å². The quantitative estimate of drug-likeness (QED) is 0.783. The largest absolute Gasteiger partial charge is 0.352 e. The lowest BCUT2D eigenvalue weighted by Crippen LogP contribution is -2.48. The number of aliphatic imine (C=N–C) groups is 2. The molecule has 0 aromatic rings. The van der Waals surface area contributed by atoms with Gasteiger partial charge in [0.1, 0.15) is 6.67 Å². The van der Waals surface area contributed by atoms with E-state index >= 15 is 0 Å². The second-order valence-corrected chi connectivity index (χ2v) is 5.01. The minimum atomic E-state index is 0.357. The molecule has 16 heavy (non-hydrogen) atoms. The van der Waals surface area contributed by atoms with Gasteiger partial charge >= 0.3 is 0 Å². The first-order valence-corrected chi connectivity index (χ1v) is 6.72. The van der Waals surface area contributed by atoms with Crippen molar-refractivity contribution in [1.82, 2.24) is 15.8 Å². The van der Waals surface area contributed by atoms with Gasteiger partial charge in [-0.1, -0.05) is 11.8 Å². The van der Waals surface area contributed by atoms with Crippen molar-refractivity contribution < 1.29 is 0 Å². The summed E-state index contributed by atoms with van der Waals surface area (Å²) in [4.78, 5) is 8.83. The van der Waals surface area contributed by atoms with Crippen LogP contribution in [-0.2, 0) is 0 Å². The monoisotopic (exact) mass is 243 g/mol. The molecule has 0 aromatic carbocycles. The van der Waals surface area contributed by atoms with Crippen molar-refractivity contribution >= 4 is 22.9 Å². The van der Waals surface area contributed by atoms with E-state index in [1.807, 2.05) is 11.3 Å².